The second-order valence-corrected chi connectivity index (χ2v) is 4.54. The average molecular weight is 186 g/mol. The van der Waals surface area contributed by atoms with Crippen molar-refractivity contribution in [3.8, 4) is 0 Å². The van der Waals surface area contributed by atoms with Crippen LogP contribution in [0.5, 0.6) is 0 Å². The minimum absolute atomic E-state index is 0.173. The van der Waals surface area contributed by atoms with Gasteiger partial charge in [-0.2, -0.15) is 0 Å². The molecule has 1 aliphatic carbocycles. The van der Waals surface area contributed by atoms with Crippen molar-refractivity contribution in [3.63, 3.8) is 0 Å². The maximum absolute atomic E-state index is 9.17. The van der Waals surface area contributed by atoms with Gasteiger partial charge in [0.25, 0.3) is 0 Å². The molecular weight excluding hydrogens is 164 g/mol. The van der Waals surface area contributed by atoms with Crippen LogP contribution in [0.2, 0.25) is 0 Å². The Balaban J connectivity index is 2.22. The number of rotatable bonds is 4. The highest BCUT2D eigenvalue weighted by molar-refractivity contribution is 4.81. The Morgan fingerprint density at radius 2 is 2.00 bits per heavy atom. The van der Waals surface area contributed by atoms with E-state index in [-0.39, 0.29) is 5.41 Å². The molecule has 0 bridgehead atoms. The van der Waals surface area contributed by atoms with Crippen LogP contribution in [0.25, 0.3) is 0 Å². The molecule has 0 atom stereocenters. The van der Waals surface area contributed by atoms with Crippen LogP contribution in [0.15, 0.2) is 0 Å². The lowest BCUT2D eigenvalue weighted by Gasteiger charge is -2.35. The number of hydrogen-bond donors (Lipinski definition) is 1. The van der Waals surface area contributed by atoms with Crippen LogP contribution in [0.3, 0.4) is 0 Å². The molecule has 1 N–H and O–H groups in total. The van der Waals surface area contributed by atoms with E-state index in [0.29, 0.717) is 12.7 Å². The summed E-state index contributed by atoms with van der Waals surface area (Å²) in [5.74, 6) is 0. The lowest BCUT2D eigenvalue weighted by Crippen LogP contribution is -2.31. The molecular formula is C11H22O2. The fourth-order valence-electron chi connectivity index (χ4n) is 1.90. The topological polar surface area (TPSA) is 29.5 Å². The second-order valence-electron chi connectivity index (χ2n) is 4.54. The van der Waals surface area contributed by atoms with E-state index in [1.165, 1.54) is 0 Å². The number of ether oxygens (including phenoxy) is 1. The first-order chi connectivity index (χ1) is 6.20. The van der Waals surface area contributed by atoms with Crippen molar-refractivity contribution in [2.75, 3.05) is 13.2 Å². The van der Waals surface area contributed by atoms with Crippen molar-refractivity contribution in [1.82, 2.24) is 0 Å². The predicted octanol–water partition coefficient (Wildman–Crippen LogP) is 2.35. The molecule has 0 aliphatic heterocycles. The molecule has 1 aliphatic rings. The maximum Gasteiger partial charge on any atom is 0.0575 e. The van der Waals surface area contributed by atoms with Crippen LogP contribution in [0.1, 0.15) is 46.0 Å². The molecule has 13 heavy (non-hydrogen) atoms. The van der Waals surface area contributed by atoms with E-state index in [4.69, 9.17) is 4.74 Å². The Morgan fingerprint density at radius 3 is 2.46 bits per heavy atom. The third-order valence-electron chi connectivity index (χ3n) is 3.08. The van der Waals surface area contributed by atoms with Gasteiger partial charge in [-0.05, 0) is 37.5 Å². The van der Waals surface area contributed by atoms with Crippen LogP contribution in [0, 0.1) is 5.41 Å². The van der Waals surface area contributed by atoms with Gasteiger partial charge in [0.05, 0.1) is 6.10 Å². The monoisotopic (exact) mass is 186 g/mol. The van der Waals surface area contributed by atoms with Gasteiger partial charge in [-0.1, -0.05) is 13.8 Å². The van der Waals surface area contributed by atoms with Crippen molar-refractivity contribution < 1.29 is 9.84 Å². The molecule has 0 saturated heterocycles. The number of hydrogen-bond acceptors (Lipinski definition) is 2. The van der Waals surface area contributed by atoms with E-state index in [9.17, 15) is 5.11 Å². The van der Waals surface area contributed by atoms with Gasteiger partial charge < -0.3 is 9.84 Å². The zero-order valence-corrected chi connectivity index (χ0v) is 8.88. The lowest BCUT2D eigenvalue weighted by molar-refractivity contribution is -0.0136. The van der Waals surface area contributed by atoms with Crippen molar-refractivity contribution in [2.45, 2.75) is 52.1 Å². The maximum atomic E-state index is 9.17. The van der Waals surface area contributed by atoms with Gasteiger partial charge in [0.15, 0.2) is 0 Å². The Hall–Kier alpha value is -0.0800. The minimum Gasteiger partial charge on any atom is -0.396 e. The summed E-state index contributed by atoms with van der Waals surface area (Å²) in [5.41, 5.74) is 0.173. The summed E-state index contributed by atoms with van der Waals surface area (Å²) < 4.78 is 5.69. The standard InChI is InChI=1S/C11H22O2/c1-3-8-13-10-4-6-11(2,9-12)7-5-10/h10,12H,3-9H2,1-2H3. The third kappa shape index (κ3) is 3.28. The smallest absolute Gasteiger partial charge is 0.0575 e. The zero-order chi connectivity index (χ0) is 9.73. The van der Waals surface area contributed by atoms with Gasteiger partial charge in [-0.25, -0.2) is 0 Å². The van der Waals surface area contributed by atoms with Gasteiger partial charge in [-0.3, -0.25) is 0 Å². The first-order valence-corrected chi connectivity index (χ1v) is 5.42. The van der Waals surface area contributed by atoms with E-state index in [1.54, 1.807) is 0 Å². The number of aliphatic hydroxyl groups excluding tert-OH is 1. The highest BCUT2D eigenvalue weighted by Crippen LogP contribution is 2.36. The van der Waals surface area contributed by atoms with Crippen molar-refractivity contribution >= 4 is 0 Å². The molecule has 2 nitrogen and oxygen atoms in total. The lowest BCUT2D eigenvalue weighted by atomic mass is 9.75. The van der Waals surface area contributed by atoms with Gasteiger partial charge in [-0.15, -0.1) is 0 Å². The first-order valence-electron chi connectivity index (χ1n) is 5.42. The fraction of sp³-hybridized carbons (Fsp3) is 1.00. The fourth-order valence-corrected chi connectivity index (χ4v) is 1.90. The Kier molecular flexibility index (Phi) is 4.20. The van der Waals surface area contributed by atoms with E-state index in [1.807, 2.05) is 0 Å². The molecule has 0 aromatic carbocycles. The molecule has 0 aromatic rings. The van der Waals surface area contributed by atoms with Crippen LogP contribution in [-0.2, 0) is 4.74 Å². The Bertz CT molecular complexity index is 137. The third-order valence-corrected chi connectivity index (χ3v) is 3.08. The summed E-state index contributed by atoms with van der Waals surface area (Å²) in [4.78, 5) is 0. The van der Waals surface area contributed by atoms with Gasteiger partial charge in [0, 0.05) is 13.2 Å². The minimum atomic E-state index is 0.173. The van der Waals surface area contributed by atoms with E-state index in [2.05, 4.69) is 13.8 Å². The average Bonchev–Trinajstić information content (AvgIpc) is 2.17. The molecule has 0 heterocycles. The van der Waals surface area contributed by atoms with E-state index < -0.39 is 0 Å². The summed E-state index contributed by atoms with van der Waals surface area (Å²) in [6.45, 7) is 5.53. The van der Waals surface area contributed by atoms with Crippen molar-refractivity contribution in [1.29, 1.82) is 0 Å². The molecule has 0 radical (unpaired) electrons. The summed E-state index contributed by atoms with van der Waals surface area (Å²) in [6.07, 6.45) is 6.03. The quantitative estimate of drug-likeness (QED) is 0.730. The van der Waals surface area contributed by atoms with Crippen LogP contribution in [0.4, 0.5) is 0 Å². The first kappa shape index (κ1) is 11.0. The van der Waals surface area contributed by atoms with Gasteiger partial charge in [0.2, 0.25) is 0 Å². The van der Waals surface area contributed by atoms with Crippen molar-refractivity contribution in [3.05, 3.63) is 0 Å². The molecule has 0 unspecified atom stereocenters. The molecule has 78 valence electrons. The summed E-state index contributed by atoms with van der Waals surface area (Å²) in [5, 5.41) is 9.17. The Labute approximate surface area is 81.3 Å². The van der Waals surface area contributed by atoms with E-state index >= 15 is 0 Å². The summed E-state index contributed by atoms with van der Waals surface area (Å²) in [7, 11) is 0. The van der Waals surface area contributed by atoms with Crippen LogP contribution >= 0.6 is 0 Å². The SMILES string of the molecule is CCCOC1CCC(C)(CO)CC1. The van der Waals surface area contributed by atoms with E-state index in [0.717, 1.165) is 38.7 Å². The molecule has 0 aromatic heterocycles. The van der Waals surface area contributed by atoms with Crippen LogP contribution in [-0.4, -0.2) is 24.4 Å². The highest BCUT2D eigenvalue weighted by atomic mass is 16.5. The highest BCUT2D eigenvalue weighted by Gasteiger charge is 2.30. The molecule has 0 spiro atoms. The normalized spacial score (nSPS) is 34.8. The molecule has 1 rings (SSSR count). The summed E-state index contributed by atoms with van der Waals surface area (Å²) in [6, 6.07) is 0. The molecule has 1 fully saturated rings. The van der Waals surface area contributed by atoms with Gasteiger partial charge in [0.1, 0.15) is 0 Å². The second kappa shape index (κ2) is 4.97. The molecule has 2 heteroatoms. The largest absolute Gasteiger partial charge is 0.396 e. The molecule has 0 amide bonds. The van der Waals surface area contributed by atoms with Gasteiger partial charge >= 0.3 is 0 Å². The zero-order valence-electron chi connectivity index (χ0n) is 8.88. The number of aliphatic hydroxyl groups is 1. The van der Waals surface area contributed by atoms with Crippen molar-refractivity contribution in [2.24, 2.45) is 5.41 Å². The summed E-state index contributed by atoms with van der Waals surface area (Å²) >= 11 is 0. The van der Waals surface area contributed by atoms with Crippen LogP contribution < -0.4 is 0 Å². The Morgan fingerprint density at radius 1 is 1.38 bits per heavy atom. The predicted molar refractivity (Wildman–Crippen MR) is 53.7 cm³/mol. The molecule has 1 saturated carbocycles.